The van der Waals surface area contributed by atoms with E-state index in [4.69, 9.17) is 4.42 Å². The minimum atomic E-state index is -0.882. The van der Waals surface area contributed by atoms with Gasteiger partial charge in [-0.15, -0.1) is 0 Å². The summed E-state index contributed by atoms with van der Waals surface area (Å²) in [5.74, 6) is 0.477. The van der Waals surface area contributed by atoms with Crippen LogP contribution < -0.4 is 9.93 Å². The van der Waals surface area contributed by atoms with Crippen molar-refractivity contribution in [3.63, 3.8) is 0 Å². The van der Waals surface area contributed by atoms with E-state index in [1.165, 1.54) is 435 Å². The summed E-state index contributed by atoms with van der Waals surface area (Å²) in [5.41, 5.74) is 5.41. The zero-order valence-corrected chi connectivity index (χ0v) is 65.1. The summed E-state index contributed by atoms with van der Waals surface area (Å²) in [6, 6.07) is 21.7. The van der Waals surface area contributed by atoms with Gasteiger partial charge in [-0.05, 0) is 60.9 Å². The van der Waals surface area contributed by atoms with E-state index in [1.807, 2.05) is 18.2 Å². The topological polar surface area (TPSA) is 53.4 Å². The Kier molecular flexibility index (Phi) is 55.3. The van der Waals surface area contributed by atoms with E-state index < -0.39 is 5.97 Å². The lowest BCUT2D eigenvalue weighted by atomic mass is 9.86. The molecule has 4 heteroatoms. The van der Waals surface area contributed by atoms with Gasteiger partial charge in [-0.2, -0.15) is 0 Å². The van der Waals surface area contributed by atoms with Gasteiger partial charge < -0.3 is 9.52 Å². The summed E-state index contributed by atoms with van der Waals surface area (Å²) in [4.78, 5) is 13.1. The highest BCUT2D eigenvalue weighted by Gasteiger charge is 2.24. The van der Waals surface area contributed by atoms with Crippen LogP contribution in [-0.4, -0.2) is 24.2 Å². The molecule has 4 rings (SSSR count). The lowest BCUT2D eigenvalue weighted by molar-refractivity contribution is 0.0697. The number of carbonyl (C=O) groups is 1. The van der Waals surface area contributed by atoms with Crippen LogP contribution in [0.15, 0.2) is 65.1 Å². The highest BCUT2D eigenvalue weighted by atomic mass is 16.4. The van der Waals surface area contributed by atoms with E-state index in [0.717, 1.165) is 46.5 Å². The molecule has 2 aromatic carbocycles. The SMILES string of the molecule is CCCCCCCCCCCCCCCCCCC(CCCCCCCCCCCCCCCCCC)c1ccc2c(-c3ccccc3C(=O)O)c3ccc(=[N+](CCCCCCCCCCCCCCCCCC)CCCCCCCCCCCCCCCCCC)cc-3oc2c1. The second-order valence-electron chi connectivity index (χ2n) is 31.2. The van der Waals surface area contributed by atoms with Gasteiger partial charge in [-0.1, -0.05) is 443 Å². The Morgan fingerprint density at radius 3 is 0.948 bits per heavy atom. The smallest absolute Gasteiger partial charge is 0.336 e. The predicted octanol–water partition coefficient (Wildman–Crippen LogP) is 31.6. The minimum absolute atomic E-state index is 0.350. The second-order valence-corrected chi connectivity index (χ2v) is 31.2. The van der Waals surface area contributed by atoms with E-state index in [2.05, 4.69) is 68.7 Å². The summed E-state index contributed by atoms with van der Waals surface area (Å²) >= 11 is 0. The monoisotopic (exact) mass is 1340 g/mol. The van der Waals surface area contributed by atoms with Crippen molar-refractivity contribution in [3.05, 3.63) is 77.1 Å². The Hall–Kier alpha value is -3.40. The molecule has 0 spiro atoms. The number of hydrogen-bond acceptors (Lipinski definition) is 2. The van der Waals surface area contributed by atoms with Gasteiger partial charge in [0, 0.05) is 35.4 Å². The van der Waals surface area contributed by atoms with Crippen LogP contribution >= 0.6 is 0 Å². The molecule has 0 unspecified atom stereocenters. The number of hydrogen-bond donors (Lipinski definition) is 1. The van der Waals surface area contributed by atoms with Gasteiger partial charge in [0.25, 0.3) is 0 Å². The number of nitrogens with zero attached hydrogens (tertiary/aromatic N) is 1. The van der Waals surface area contributed by atoms with Crippen LogP contribution in [0.2, 0.25) is 0 Å². The maximum Gasteiger partial charge on any atom is 0.336 e. The molecule has 0 aromatic heterocycles. The summed E-state index contributed by atoms with van der Waals surface area (Å²) in [6.07, 6.45) is 91.5. The number of carboxylic acid groups (broad SMARTS) is 1. The maximum absolute atomic E-state index is 13.1. The van der Waals surface area contributed by atoms with Gasteiger partial charge in [-0.3, -0.25) is 0 Å². The molecule has 2 aromatic rings. The van der Waals surface area contributed by atoms with Crippen LogP contribution in [0.3, 0.4) is 0 Å². The van der Waals surface area contributed by atoms with Crippen molar-refractivity contribution in [2.45, 2.75) is 457 Å². The maximum atomic E-state index is 13.1. The molecule has 1 aliphatic heterocycles. The van der Waals surface area contributed by atoms with Crippen molar-refractivity contribution in [3.8, 4) is 22.5 Å². The van der Waals surface area contributed by atoms with Crippen molar-refractivity contribution in [2.75, 3.05) is 13.1 Å². The number of aromatic carboxylic acids is 1. The first kappa shape index (κ1) is 86.0. The minimum Gasteiger partial charge on any atom is -0.478 e. The molecule has 97 heavy (non-hydrogen) atoms. The fourth-order valence-corrected chi connectivity index (χ4v) is 16.0. The molecule has 0 radical (unpaired) electrons. The summed E-state index contributed by atoms with van der Waals surface area (Å²) in [5, 5.41) is 13.0. The standard InChI is InChI=1S/C93H159NO3/c1-5-9-13-17-21-25-29-33-37-41-45-49-53-57-61-65-71-83(72-66-62-58-54-50-46-42-38-34-30-26-22-18-14-10-6-2)84-75-77-88-90(81-84)97-91-82-85(76-78-89(91)92(88)86-73-67-68-74-87(86)93(95)96)94(79-69-63-59-55-51-47-43-39-35-31-27-23-19-15-11-7-3)80-70-64-60-56-52-48-44-40-36-32-28-24-20-16-12-8-4/h67-68,73-78,81-83H,5-66,69-72,79-80H2,1-4H3/p+1. The van der Waals surface area contributed by atoms with Crippen LogP contribution in [-0.2, 0) is 0 Å². The second kappa shape index (κ2) is 62.4. The number of carboxylic acids is 1. The van der Waals surface area contributed by atoms with Gasteiger partial charge >= 0.3 is 5.97 Å². The van der Waals surface area contributed by atoms with Gasteiger partial charge in [0.15, 0.2) is 0 Å². The fraction of sp³-hybridized carbons (Fsp3) is 0.785. The van der Waals surface area contributed by atoms with Gasteiger partial charge in [-0.25, -0.2) is 9.37 Å². The molecule has 0 saturated carbocycles. The lowest BCUT2D eigenvalue weighted by Crippen LogP contribution is -2.32. The number of fused-ring (bicyclic) bond motifs is 2. The average Bonchev–Trinajstić information content (AvgIpc) is 0.749. The molecule has 0 amide bonds. The highest BCUT2D eigenvalue weighted by Crippen LogP contribution is 2.43. The van der Waals surface area contributed by atoms with Crippen LogP contribution in [0.25, 0.3) is 33.4 Å². The molecule has 1 heterocycles. The van der Waals surface area contributed by atoms with E-state index >= 15 is 0 Å². The van der Waals surface area contributed by atoms with Crippen LogP contribution in [0.5, 0.6) is 0 Å². The molecule has 2 aliphatic rings. The van der Waals surface area contributed by atoms with E-state index in [9.17, 15) is 9.90 Å². The van der Waals surface area contributed by atoms with Crippen molar-refractivity contribution < 1.29 is 14.3 Å². The van der Waals surface area contributed by atoms with E-state index in [0.29, 0.717) is 11.5 Å². The summed E-state index contributed by atoms with van der Waals surface area (Å²) in [6.45, 7) is 11.4. The largest absolute Gasteiger partial charge is 0.478 e. The van der Waals surface area contributed by atoms with Crippen molar-refractivity contribution >= 4 is 16.9 Å². The van der Waals surface area contributed by atoms with Crippen molar-refractivity contribution in [1.82, 2.24) is 4.58 Å². The molecule has 0 atom stereocenters. The third-order valence-corrected chi connectivity index (χ3v) is 22.4. The number of rotatable bonds is 71. The first-order valence-corrected chi connectivity index (χ1v) is 43.9. The molecule has 0 bridgehead atoms. The highest BCUT2D eigenvalue weighted by molar-refractivity contribution is 6.07. The number of unbranched alkanes of at least 4 members (excludes halogenated alkanes) is 60. The predicted molar refractivity (Wildman–Crippen MR) is 430 cm³/mol. The molecule has 0 saturated heterocycles. The van der Waals surface area contributed by atoms with Gasteiger partial charge in [0.1, 0.15) is 24.4 Å². The zero-order chi connectivity index (χ0) is 68.8. The Bertz CT molecular complexity index is 2370. The zero-order valence-electron chi connectivity index (χ0n) is 65.1. The van der Waals surface area contributed by atoms with E-state index in [1.54, 1.807) is 6.07 Å². The molecule has 0 fully saturated rings. The molecule has 4 nitrogen and oxygen atoms in total. The molecule has 1 aliphatic carbocycles. The molecule has 554 valence electrons. The first-order valence-electron chi connectivity index (χ1n) is 43.9. The Labute approximate surface area is 602 Å². The van der Waals surface area contributed by atoms with Crippen LogP contribution in [0, 0.1) is 0 Å². The Balaban J connectivity index is 1.49. The molecular weight excluding hydrogens is 1180 g/mol. The van der Waals surface area contributed by atoms with E-state index in [-0.39, 0.29) is 0 Å². The average molecular weight is 1340 g/mol. The van der Waals surface area contributed by atoms with Crippen LogP contribution in [0.4, 0.5) is 0 Å². The first-order chi connectivity index (χ1) is 48.0. The summed E-state index contributed by atoms with van der Waals surface area (Å²) in [7, 11) is 0. The third kappa shape index (κ3) is 42.6. The van der Waals surface area contributed by atoms with Gasteiger partial charge in [0.2, 0.25) is 5.36 Å². The lowest BCUT2D eigenvalue weighted by Gasteiger charge is -2.20. The third-order valence-electron chi connectivity index (χ3n) is 22.4. The van der Waals surface area contributed by atoms with Crippen molar-refractivity contribution in [2.24, 2.45) is 0 Å². The normalized spacial score (nSPS) is 11.8. The summed E-state index contributed by atoms with van der Waals surface area (Å²) < 4.78 is 9.94. The molecule has 1 N–H and O–H groups in total. The molecular formula is C93H160NO3+. The Morgan fingerprint density at radius 1 is 0.330 bits per heavy atom. The van der Waals surface area contributed by atoms with Crippen LogP contribution in [0.1, 0.15) is 473 Å². The van der Waals surface area contributed by atoms with Crippen molar-refractivity contribution in [1.29, 1.82) is 0 Å². The van der Waals surface area contributed by atoms with Gasteiger partial charge in [0.05, 0.1) is 11.6 Å². The quantitative estimate of drug-likeness (QED) is 0.0272. The number of benzene rings is 3. The fourth-order valence-electron chi connectivity index (χ4n) is 16.0. The Morgan fingerprint density at radius 2 is 0.629 bits per heavy atom.